The Morgan fingerprint density at radius 2 is 1.92 bits per heavy atom. The van der Waals surface area contributed by atoms with Crippen LogP contribution in [0.15, 0.2) is 48.3 Å². The van der Waals surface area contributed by atoms with Crippen LogP contribution in [0.25, 0.3) is 0 Å². The predicted molar refractivity (Wildman–Crippen MR) is 104 cm³/mol. The summed E-state index contributed by atoms with van der Waals surface area (Å²) in [4.78, 5) is 20.4. The van der Waals surface area contributed by atoms with Gasteiger partial charge in [0.1, 0.15) is 12.0 Å². The standard InChI is InChI=1S/C19H24N6O/c20-16-17(21-12-11-14-7-3-1-4-8-14)22-13-23-18(16)24-25-19(26)15-9-5-2-6-10-15/h2,5-7,9-10,13H,1,3-4,8,11-12,20H2,(H,25,26)(H2,21,22,23,24). The molecule has 0 radical (unpaired) electrons. The zero-order valence-corrected chi connectivity index (χ0v) is 14.7. The molecule has 1 heterocycles. The van der Waals surface area contributed by atoms with Gasteiger partial charge < -0.3 is 11.1 Å². The third-order valence-corrected chi connectivity index (χ3v) is 4.34. The van der Waals surface area contributed by atoms with Crippen LogP contribution >= 0.6 is 0 Å². The number of aromatic nitrogens is 2. The van der Waals surface area contributed by atoms with Crippen molar-refractivity contribution in [1.82, 2.24) is 15.4 Å². The van der Waals surface area contributed by atoms with Gasteiger partial charge in [0.2, 0.25) is 0 Å². The lowest BCUT2D eigenvalue weighted by molar-refractivity contribution is 0.0962. The number of nitrogens with zero attached hydrogens (tertiary/aromatic N) is 2. The summed E-state index contributed by atoms with van der Waals surface area (Å²) in [6, 6.07) is 8.92. The quantitative estimate of drug-likeness (QED) is 0.451. The Labute approximate surface area is 153 Å². The molecule has 136 valence electrons. The number of nitrogens with one attached hydrogen (secondary N) is 3. The van der Waals surface area contributed by atoms with E-state index >= 15 is 0 Å². The van der Waals surface area contributed by atoms with E-state index in [9.17, 15) is 4.79 Å². The SMILES string of the molecule is Nc1c(NCCC2=CCCCC2)ncnc1NNC(=O)c1ccccc1. The Bertz CT molecular complexity index is 775. The molecule has 0 saturated heterocycles. The van der Waals surface area contributed by atoms with Crippen LogP contribution < -0.4 is 21.9 Å². The Morgan fingerprint density at radius 3 is 2.69 bits per heavy atom. The zero-order chi connectivity index (χ0) is 18.2. The molecule has 2 aromatic rings. The molecule has 1 amide bonds. The number of nitrogens with two attached hydrogens (primary N) is 1. The van der Waals surface area contributed by atoms with Crippen LogP contribution in [-0.4, -0.2) is 22.4 Å². The minimum atomic E-state index is -0.262. The van der Waals surface area contributed by atoms with Crippen molar-refractivity contribution in [1.29, 1.82) is 0 Å². The summed E-state index contributed by atoms with van der Waals surface area (Å²) in [7, 11) is 0. The van der Waals surface area contributed by atoms with E-state index in [1.807, 2.05) is 6.07 Å². The summed E-state index contributed by atoms with van der Waals surface area (Å²) in [6.45, 7) is 0.767. The molecule has 0 saturated carbocycles. The first-order valence-electron chi connectivity index (χ1n) is 8.87. The molecule has 1 aliphatic rings. The average molecular weight is 352 g/mol. The number of hydrogen-bond donors (Lipinski definition) is 4. The molecule has 7 nitrogen and oxygen atoms in total. The zero-order valence-electron chi connectivity index (χ0n) is 14.7. The van der Waals surface area contributed by atoms with E-state index in [0.29, 0.717) is 22.9 Å². The molecular weight excluding hydrogens is 328 g/mol. The van der Waals surface area contributed by atoms with Crippen molar-refractivity contribution in [3.63, 3.8) is 0 Å². The summed E-state index contributed by atoms with van der Waals surface area (Å²) in [5, 5.41) is 3.25. The fourth-order valence-electron chi connectivity index (χ4n) is 2.89. The van der Waals surface area contributed by atoms with E-state index in [-0.39, 0.29) is 5.91 Å². The number of nitrogen functional groups attached to an aromatic ring is 1. The van der Waals surface area contributed by atoms with Gasteiger partial charge in [-0.1, -0.05) is 29.8 Å². The van der Waals surface area contributed by atoms with Gasteiger partial charge in [-0.2, -0.15) is 0 Å². The van der Waals surface area contributed by atoms with Crippen molar-refractivity contribution in [3.8, 4) is 0 Å². The van der Waals surface area contributed by atoms with E-state index < -0.39 is 0 Å². The molecule has 0 atom stereocenters. The van der Waals surface area contributed by atoms with Crippen LogP contribution in [0.1, 0.15) is 42.5 Å². The number of amides is 1. The lowest BCUT2D eigenvalue weighted by Crippen LogP contribution is -2.30. The lowest BCUT2D eigenvalue weighted by atomic mass is 9.97. The molecule has 1 aliphatic carbocycles. The van der Waals surface area contributed by atoms with Crippen LogP contribution in [0.2, 0.25) is 0 Å². The largest absolute Gasteiger partial charge is 0.393 e. The number of hydrogen-bond acceptors (Lipinski definition) is 6. The van der Waals surface area contributed by atoms with Gasteiger partial charge in [-0.3, -0.25) is 15.6 Å². The lowest BCUT2D eigenvalue weighted by Gasteiger charge is -2.15. The van der Waals surface area contributed by atoms with Crippen LogP contribution in [0.4, 0.5) is 17.3 Å². The highest BCUT2D eigenvalue weighted by Gasteiger charge is 2.10. The Morgan fingerprint density at radius 1 is 1.12 bits per heavy atom. The third kappa shape index (κ3) is 4.72. The summed E-state index contributed by atoms with van der Waals surface area (Å²) in [6.07, 6.45) is 9.66. The Hall–Kier alpha value is -3.09. The predicted octanol–water partition coefficient (Wildman–Crippen LogP) is 3.12. The van der Waals surface area contributed by atoms with Gasteiger partial charge in [0.15, 0.2) is 11.6 Å². The number of allylic oxidation sites excluding steroid dienone is 1. The molecule has 0 spiro atoms. The van der Waals surface area contributed by atoms with Gasteiger partial charge in [0, 0.05) is 12.1 Å². The number of rotatable bonds is 7. The summed E-state index contributed by atoms with van der Waals surface area (Å²) >= 11 is 0. The normalized spacial score (nSPS) is 13.6. The second-order valence-corrected chi connectivity index (χ2v) is 6.21. The van der Waals surface area contributed by atoms with Crippen LogP contribution in [0, 0.1) is 0 Å². The molecule has 5 N–H and O–H groups in total. The average Bonchev–Trinajstić information content (AvgIpc) is 2.69. The number of anilines is 3. The second-order valence-electron chi connectivity index (χ2n) is 6.21. The van der Waals surface area contributed by atoms with Crippen molar-refractivity contribution in [3.05, 3.63) is 53.9 Å². The summed E-state index contributed by atoms with van der Waals surface area (Å²) < 4.78 is 0. The highest BCUT2D eigenvalue weighted by atomic mass is 16.2. The fraction of sp³-hybridized carbons (Fsp3) is 0.316. The van der Waals surface area contributed by atoms with Gasteiger partial charge in [-0.25, -0.2) is 9.97 Å². The van der Waals surface area contributed by atoms with Crippen LogP contribution in [0.3, 0.4) is 0 Å². The third-order valence-electron chi connectivity index (χ3n) is 4.34. The number of hydrazine groups is 1. The molecule has 0 aliphatic heterocycles. The van der Waals surface area contributed by atoms with E-state index in [1.165, 1.54) is 37.6 Å². The van der Waals surface area contributed by atoms with Gasteiger partial charge in [0.25, 0.3) is 5.91 Å². The van der Waals surface area contributed by atoms with Crippen molar-refractivity contribution in [2.75, 3.05) is 23.0 Å². The maximum atomic E-state index is 12.1. The minimum Gasteiger partial charge on any atom is -0.393 e. The molecule has 3 rings (SSSR count). The van der Waals surface area contributed by atoms with Crippen molar-refractivity contribution < 1.29 is 4.79 Å². The molecular formula is C19H24N6O. The first-order valence-corrected chi connectivity index (χ1v) is 8.87. The smallest absolute Gasteiger partial charge is 0.269 e. The van der Waals surface area contributed by atoms with Crippen molar-refractivity contribution >= 4 is 23.2 Å². The minimum absolute atomic E-state index is 0.262. The van der Waals surface area contributed by atoms with E-state index in [2.05, 4.69) is 32.2 Å². The Kier molecular flexibility index (Phi) is 6.03. The van der Waals surface area contributed by atoms with Crippen molar-refractivity contribution in [2.45, 2.75) is 32.1 Å². The monoisotopic (exact) mass is 352 g/mol. The van der Waals surface area contributed by atoms with Gasteiger partial charge in [-0.05, 0) is 44.2 Å². The molecule has 1 aromatic heterocycles. The molecule has 0 fully saturated rings. The van der Waals surface area contributed by atoms with E-state index in [1.54, 1.807) is 24.3 Å². The molecule has 0 bridgehead atoms. The van der Waals surface area contributed by atoms with E-state index in [4.69, 9.17) is 5.73 Å². The van der Waals surface area contributed by atoms with Gasteiger partial charge in [-0.15, -0.1) is 0 Å². The van der Waals surface area contributed by atoms with Crippen molar-refractivity contribution in [2.24, 2.45) is 0 Å². The maximum Gasteiger partial charge on any atom is 0.269 e. The van der Waals surface area contributed by atoms with Gasteiger partial charge in [0.05, 0.1) is 0 Å². The van der Waals surface area contributed by atoms with Gasteiger partial charge >= 0.3 is 0 Å². The van der Waals surface area contributed by atoms with Crippen LogP contribution in [0.5, 0.6) is 0 Å². The highest BCUT2D eigenvalue weighted by molar-refractivity contribution is 5.95. The molecule has 1 aromatic carbocycles. The van der Waals surface area contributed by atoms with E-state index in [0.717, 1.165) is 13.0 Å². The second kappa shape index (κ2) is 8.84. The summed E-state index contributed by atoms with van der Waals surface area (Å²) in [5.41, 5.74) is 13.9. The van der Waals surface area contributed by atoms with Crippen LogP contribution in [-0.2, 0) is 0 Å². The molecule has 26 heavy (non-hydrogen) atoms. The molecule has 7 heteroatoms. The number of benzene rings is 1. The number of carbonyl (C=O) groups excluding carboxylic acids is 1. The topological polar surface area (TPSA) is 105 Å². The maximum absolute atomic E-state index is 12.1. The molecule has 0 unspecified atom stereocenters. The first kappa shape index (κ1) is 17.7. The summed E-state index contributed by atoms with van der Waals surface area (Å²) in [5.74, 6) is 0.666. The highest BCUT2D eigenvalue weighted by Crippen LogP contribution is 2.23. The fourth-order valence-corrected chi connectivity index (χ4v) is 2.89. The first-order chi connectivity index (χ1) is 12.7. The number of carbonyl (C=O) groups is 1. The Balaban J connectivity index is 1.54.